The lowest BCUT2D eigenvalue weighted by Gasteiger charge is -2.38. The highest BCUT2D eigenvalue weighted by atomic mass is 16.7. The van der Waals surface area contributed by atoms with Gasteiger partial charge in [-0.3, -0.25) is 9.59 Å². The van der Waals surface area contributed by atoms with Gasteiger partial charge in [-0.1, -0.05) is 0 Å². The Morgan fingerprint density at radius 2 is 1.83 bits per heavy atom. The highest BCUT2D eigenvalue weighted by Crippen LogP contribution is 2.47. The zero-order chi connectivity index (χ0) is 24.6. The van der Waals surface area contributed by atoms with Crippen LogP contribution < -0.4 is 19.5 Å². The third-order valence-corrected chi connectivity index (χ3v) is 7.16. The SMILES string of the molecule is O=C(Nc1ccc2c(c1)[C@@H]1C[C@@H](CC(=O)N3CCOCC3)O[C@H](CO)[C@@H]1O2)c1ccc2c(c1)OCO2. The summed E-state index contributed by atoms with van der Waals surface area (Å²) in [6, 6.07) is 10.6. The smallest absolute Gasteiger partial charge is 0.255 e. The Bertz CT molecular complexity index is 1160. The molecule has 2 amide bonds. The van der Waals surface area contributed by atoms with Crippen molar-refractivity contribution in [2.24, 2.45) is 0 Å². The molecule has 0 aromatic heterocycles. The van der Waals surface area contributed by atoms with Crippen LogP contribution in [0.5, 0.6) is 17.2 Å². The molecule has 10 nitrogen and oxygen atoms in total. The Labute approximate surface area is 208 Å². The number of anilines is 1. The maximum absolute atomic E-state index is 12.9. The number of rotatable bonds is 5. The fourth-order valence-corrected chi connectivity index (χ4v) is 5.34. The van der Waals surface area contributed by atoms with Crippen molar-refractivity contribution in [3.8, 4) is 17.2 Å². The zero-order valence-electron chi connectivity index (χ0n) is 19.7. The van der Waals surface area contributed by atoms with Gasteiger partial charge in [-0.15, -0.1) is 0 Å². The van der Waals surface area contributed by atoms with Crippen LogP contribution in [-0.4, -0.2) is 79.8 Å². The quantitative estimate of drug-likeness (QED) is 0.645. The van der Waals surface area contributed by atoms with Crippen molar-refractivity contribution in [1.82, 2.24) is 4.90 Å². The van der Waals surface area contributed by atoms with Crippen molar-refractivity contribution in [2.45, 2.75) is 37.1 Å². The summed E-state index contributed by atoms with van der Waals surface area (Å²) in [7, 11) is 0. The van der Waals surface area contributed by atoms with Gasteiger partial charge in [0.25, 0.3) is 5.91 Å². The maximum Gasteiger partial charge on any atom is 0.255 e. The highest BCUT2D eigenvalue weighted by molar-refractivity contribution is 6.04. The second-order valence-corrected chi connectivity index (χ2v) is 9.38. The number of ether oxygens (including phenoxy) is 5. The molecule has 4 atom stereocenters. The van der Waals surface area contributed by atoms with Crippen LogP contribution in [0.15, 0.2) is 36.4 Å². The molecule has 2 N–H and O–H groups in total. The number of hydrogen-bond donors (Lipinski definition) is 2. The van der Waals surface area contributed by atoms with Crippen molar-refractivity contribution in [3.05, 3.63) is 47.5 Å². The van der Waals surface area contributed by atoms with Gasteiger partial charge in [0.2, 0.25) is 12.7 Å². The molecule has 6 rings (SSSR count). The molecule has 4 aliphatic heterocycles. The number of nitrogens with one attached hydrogen (secondary N) is 1. The summed E-state index contributed by atoms with van der Waals surface area (Å²) in [6.07, 6.45) is -0.385. The van der Waals surface area contributed by atoms with Gasteiger partial charge >= 0.3 is 0 Å². The Morgan fingerprint density at radius 1 is 1.03 bits per heavy atom. The number of hydrogen-bond acceptors (Lipinski definition) is 8. The topological polar surface area (TPSA) is 116 Å². The maximum atomic E-state index is 12.9. The molecule has 4 heterocycles. The second-order valence-electron chi connectivity index (χ2n) is 9.38. The molecule has 0 spiro atoms. The number of nitrogens with zero attached hydrogens (tertiary/aromatic N) is 1. The average Bonchev–Trinajstić information content (AvgIpc) is 3.52. The van der Waals surface area contributed by atoms with Crippen molar-refractivity contribution < 1.29 is 38.4 Å². The summed E-state index contributed by atoms with van der Waals surface area (Å²) in [5.74, 6) is 1.57. The van der Waals surface area contributed by atoms with Crippen LogP contribution in [0.2, 0.25) is 0 Å². The number of fused-ring (bicyclic) bond motifs is 4. The number of aliphatic hydroxyl groups excluding tert-OH is 1. The second kappa shape index (κ2) is 9.61. The normalized spacial score (nSPS) is 26.1. The van der Waals surface area contributed by atoms with E-state index in [0.717, 1.165) is 5.56 Å². The molecule has 2 fully saturated rings. The summed E-state index contributed by atoms with van der Waals surface area (Å²) in [5.41, 5.74) is 2.03. The standard InChI is InChI=1S/C26H28N2O8/c29-13-23-25-19(11-17(35-23)12-24(30)28-5-7-32-8-6-28)18-10-16(2-4-20(18)36-25)27-26(31)15-1-3-21-22(9-15)34-14-33-21/h1-4,9-10,17,19,23,25,29H,5-8,11-14H2,(H,27,31)/t17-,19-,23+,25+/m0/s1. The largest absolute Gasteiger partial charge is 0.487 e. The molecule has 190 valence electrons. The number of benzene rings is 2. The number of carbonyl (C=O) groups excluding carboxylic acids is 2. The van der Waals surface area contributed by atoms with Crippen LogP contribution in [0.4, 0.5) is 5.69 Å². The third kappa shape index (κ3) is 4.36. The average molecular weight is 497 g/mol. The minimum atomic E-state index is -0.537. The van der Waals surface area contributed by atoms with E-state index < -0.39 is 6.10 Å². The van der Waals surface area contributed by atoms with Crippen LogP contribution >= 0.6 is 0 Å². The molecule has 0 bridgehead atoms. The molecule has 2 aromatic rings. The summed E-state index contributed by atoms with van der Waals surface area (Å²) in [5, 5.41) is 12.9. The van der Waals surface area contributed by atoms with E-state index in [1.165, 1.54) is 0 Å². The van der Waals surface area contributed by atoms with E-state index in [1.807, 2.05) is 12.1 Å². The Hall–Kier alpha value is -3.34. The fraction of sp³-hybridized carbons (Fsp3) is 0.462. The number of aliphatic hydroxyl groups is 1. The molecule has 0 radical (unpaired) electrons. The van der Waals surface area contributed by atoms with Gasteiger partial charge in [0, 0.05) is 35.8 Å². The van der Waals surface area contributed by atoms with Gasteiger partial charge in [0.05, 0.1) is 32.3 Å². The molecule has 2 aromatic carbocycles. The zero-order valence-corrected chi connectivity index (χ0v) is 19.7. The van der Waals surface area contributed by atoms with E-state index in [9.17, 15) is 14.7 Å². The summed E-state index contributed by atoms with van der Waals surface area (Å²) in [4.78, 5) is 27.5. The van der Waals surface area contributed by atoms with Gasteiger partial charge in [0.1, 0.15) is 18.0 Å². The first-order valence-corrected chi connectivity index (χ1v) is 12.2. The minimum absolute atomic E-state index is 0.0299. The number of carbonyl (C=O) groups is 2. The van der Waals surface area contributed by atoms with Gasteiger partial charge < -0.3 is 39.0 Å². The first kappa shape index (κ1) is 23.1. The van der Waals surface area contributed by atoms with Crippen molar-refractivity contribution in [1.29, 1.82) is 0 Å². The molecule has 2 saturated heterocycles. The van der Waals surface area contributed by atoms with E-state index in [4.69, 9.17) is 23.7 Å². The van der Waals surface area contributed by atoms with Crippen LogP contribution in [0, 0.1) is 0 Å². The summed E-state index contributed by atoms with van der Waals surface area (Å²) >= 11 is 0. The highest BCUT2D eigenvalue weighted by Gasteiger charge is 2.46. The molecular formula is C26H28N2O8. The lowest BCUT2D eigenvalue weighted by molar-refractivity contribution is -0.151. The predicted octanol–water partition coefficient (Wildman–Crippen LogP) is 1.91. The fourth-order valence-electron chi connectivity index (χ4n) is 5.34. The first-order chi connectivity index (χ1) is 17.6. The van der Waals surface area contributed by atoms with Crippen LogP contribution in [0.25, 0.3) is 0 Å². The number of amides is 2. The number of morpholine rings is 1. The van der Waals surface area contributed by atoms with Crippen LogP contribution in [-0.2, 0) is 14.3 Å². The lowest BCUT2D eigenvalue weighted by Crippen LogP contribution is -2.48. The van der Waals surface area contributed by atoms with Crippen molar-refractivity contribution in [3.63, 3.8) is 0 Å². The van der Waals surface area contributed by atoms with E-state index in [-0.39, 0.29) is 49.8 Å². The van der Waals surface area contributed by atoms with E-state index in [2.05, 4.69) is 5.32 Å². The molecule has 4 aliphatic rings. The van der Waals surface area contributed by atoms with E-state index >= 15 is 0 Å². The monoisotopic (exact) mass is 496 g/mol. The van der Waals surface area contributed by atoms with Gasteiger partial charge in [-0.05, 0) is 42.8 Å². The van der Waals surface area contributed by atoms with Crippen LogP contribution in [0.1, 0.15) is 34.7 Å². The minimum Gasteiger partial charge on any atom is -0.487 e. The van der Waals surface area contributed by atoms with Gasteiger partial charge in [-0.25, -0.2) is 0 Å². The first-order valence-electron chi connectivity index (χ1n) is 12.2. The molecular weight excluding hydrogens is 468 g/mol. The molecule has 0 aliphatic carbocycles. The molecule has 0 saturated carbocycles. The van der Waals surface area contributed by atoms with Crippen molar-refractivity contribution >= 4 is 17.5 Å². The molecule has 10 heteroatoms. The third-order valence-electron chi connectivity index (χ3n) is 7.16. The molecule has 0 unspecified atom stereocenters. The Morgan fingerprint density at radius 3 is 2.67 bits per heavy atom. The molecule has 36 heavy (non-hydrogen) atoms. The van der Waals surface area contributed by atoms with E-state index in [0.29, 0.717) is 61.2 Å². The van der Waals surface area contributed by atoms with E-state index in [1.54, 1.807) is 29.2 Å². The Balaban J connectivity index is 1.17. The van der Waals surface area contributed by atoms with Crippen LogP contribution in [0.3, 0.4) is 0 Å². The summed E-state index contributed by atoms with van der Waals surface area (Å²) in [6.45, 7) is 2.20. The summed E-state index contributed by atoms with van der Waals surface area (Å²) < 4.78 is 28.2. The van der Waals surface area contributed by atoms with Gasteiger partial charge in [-0.2, -0.15) is 0 Å². The predicted molar refractivity (Wildman–Crippen MR) is 126 cm³/mol. The Kier molecular flexibility index (Phi) is 6.16. The van der Waals surface area contributed by atoms with Gasteiger partial charge in [0.15, 0.2) is 11.5 Å². The lowest BCUT2D eigenvalue weighted by atomic mass is 9.84. The van der Waals surface area contributed by atoms with Crippen molar-refractivity contribution in [2.75, 3.05) is 45.0 Å².